The third-order valence-corrected chi connectivity index (χ3v) is 6.98. The summed E-state index contributed by atoms with van der Waals surface area (Å²) >= 11 is 0. The molecule has 5 nitrogen and oxygen atoms in total. The van der Waals surface area contributed by atoms with Crippen LogP contribution in [0.25, 0.3) is 0 Å². The average molecular weight is 370 g/mol. The van der Waals surface area contributed by atoms with E-state index in [-0.39, 0.29) is 36.0 Å². The number of hydrogen-bond donors (Lipinski definition) is 0. The highest BCUT2D eigenvalue weighted by Gasteiger charge is 2.49. The lowest BCUT2D eigenvalue weighted by Gasteiger charge is -2.44. The van der Waals surface area contributed by atoms with Gasteiger partial charge in [0.15, 0.2) is 9.84 Å². The van der Waals surface area contributed by atoms with Gasteiger partial charge in [0.2, 0.25) is 5.91 Å². The van der Waals surface area contributed by atoms with Crippen molar-refractivity contribution in [2.75, 3.05) is 27.9 Å². The number of sulfone groups is 1. The summed E-state index contributed by atoms with van der Waals surface area (Å²) in [7, 11) is -3.19. The van der Waals surface area contributed by atoms with Crippen LogP contribution in [0.2, 0.25) is 0 Å². The second-order valence-electron chi connectivity index (χ2n) is 7.27. The fraction of sp³-hybridized carbons (Fsp3) is 0.350. The Morgan fingerprint density at radius 2 is 1.31 bits per heavy atom. The molecule has 2 aromatic carbocycles. The van der Waals surface area contributed by atoms with Crippen LogP contribution in [0, 0.1) is 13.8 Å². The van der Waals surface area contributed by atoms with Crippen molar-refractivity contribution in [1.82, 2.24) is 0 Å². The monoisotopic (exact) mass is 370 g/mol. The fourth-order valence-corrected chi connectivity index (χ4v) is 5.89. The number of amides is 1. The first kappa shape index (κ1) is 17.1. The van der Waals surface area contributed by atoms with Crippen molar-refractivity contribution in [3.8, 4) is 0 Å². The maximum absolute atomic E-state index is 13.0. The van der Waals surface area contributed by atoms with Gasteiger partial charge < -0.3 is 9.80 Å². The van der Waals surface area contributed by atoms with Crippen LogP contribution < -0.4 is 9.80 Å². The third-order valence-electron chi connectivity index (χ3n) is 5.28. The first-order valence-electron chi connectivity index (χ1n) is 8.76. The minimum absolute atomic E-state index is 0.0135. The predicted octanol–water partition coefficient (Wildman–Crippen LogP) is 2.32. The first-order chi connectivity index (χ1) is 12.3. The van der Waals surface area contributed by atoms with Gasteiger partial charge in [-0.25, -0.2) is 8.42 Å². The van der Waals surface area contributed by atoms with Crippen LogP contribution in [-0.2, 0) is 14.6 Å². The summed E-state index contributed by atoms with van der Waals surface area (Å²) in [4.78, 5) is 16.6. The van der Waals surface area contributed by atoms with E-state index in [0.717, 1.165) is 22.5 Å². The SMILES string of the molecule is Cc1ccc(N2CC(=O)N(c3ccc(C)cc3)[C@@H]3CS(=O)(=O)C[C@H]32)cc1. The van der Waals surface area contributed by atoms with Crippen LogP contribution in [0.15, 0.2) is 48.5 Å². The van der Waals surface area contributed by atoms with E-state index in [1.54, 1.807) is 4.90 Å². The highest BCUT2D eigenvalue weighted by atomic mass is 32.2. The van der Waals surface area contributed by atoms with Gasteiger partial charge in [-0.2, -0.15) is 0 Å². The van der Waals surface area contributed by atoms with Crippen molar-refractivity contribution in [2.24, 2.45) is 0 Å². The summed E-state index contributed by atoms with van der Waals surface area (Å²) in [6.07, 6.45) is 0. The molecule has 4 rings (SSSR count). The summed E-state index contributed by atoms with van der Waals surface area (Å²) in [6.45, 7) is 4.19. The molecule has 2 aliphatic heterocycles. The highest BCUT2D eigenvalue weighted by Crippen LogP contribution is 2.34. The molecule has 1 amide bonds. The van der Waals surface area contributed by atoms with Gasteiger partial charge in [-0.05, 0) is 38.1 Å². The zero-order valence-electron chi connectivity index (χ0n) is 14.9. The number of anilines is 2. The Bertz CT molecular complexity index is 936. The minimum Gasteiger partial charge on any atom is -0.356 e. The van der Waals surface area contributed by atoms with Crippen molar-refractivity contribution in [3.63, 3.8) is 0 Å². The van der Waals surface area contributed by atoms with E-state index in [0.29, 0.717) is 0 Å². The van der Waals surface area contributed by atoms with Gasteiger partial charge in [-0.1, -0.05) is 35.4 Å². The van der Waals surface area contributed by atoms with E-state index in [4.69, 9.17) is 0 Å². The number of hydrogen-bond acceptors (Lipinski definition) is 4. The summed E-state index contributed by atoms with van der Waals surface area (Å²) < 4.78 is 24.8. The number of nitrogens with zero attached hydrogens (tertiary/aromatic N) is 2. The molecule has 0 aromatic heterocycles. The lowest BCUT2D eigenvalue weighted by atomic mass is 10.0. The van der Waals surface area contributed by atoms with Gasteiger partial charge in [0.1, 0.15) is 0 Å². The molecule has 0 saturated carbocycles. The quantitative estimate of drug-likeness (QED) is 0.814. The Balaban J connectivity index is 1.74. The first-order valence-corrected chi connectivity index (χ1v) is 10.6. The Hall–Kier alpha value is -2.34. The molecule has 6 heteroatoms. The fourth-order valence-electron chi connectivity index (χ4n) is 3.94. The molecule has 26 heavy (non-hydrogen) atoms. The zero-order chi connectivity index (χ0) is 18.5. The standard InChI is InChI=1S/C20H22N2O3S/c1-14-3-7-16(8-4-14)21-11-20(23)22(17-9-5-15(2)6-10-17)19-13-26(24,25)12-18(19)21/h3-10,18-19H,11-13H2,1-2H3/t18-,19-/m1/s1. The van der Waals surface area contributed by atoms with E-state index in [2.05, 4.69) is 0 Å². The highest BCUT2D eigenvalue weighted by molar-refractivity contribution is 7.91. The number of carbonyl (C=O) groups is 1. The molecule has 2 atom stereocenters. The summed E-state index contributed by atoms with van der Waals surface area (Å²) in [5.41, 5.74) is 3.92. The van der Waals surface area contributed by atoms with Gasteiger partial charge in [0.25, 0.3) is 0 Å². The molecule has 2 aliphatic rings. The molecule has 0 bridgehead atoms. The number of benzene rings is 2. The molecule has 2 saturated heterocycles. The summed E-state index contributed by atoms with van der Waals surface area (Å²) in [6, 6.07) is 15.0. The number of aryl methyl sites for hydroxylation is 2. The number of fused-ring (bicyclic) bond motifs is 1. The lowest BCUT2D eigenvalue weighted by Crippen LogP contribution is -2.62. The second kappa shape index (κ2) is 6.13. The van der Waals surface area contributed by atoms with Crippen molar-refractivity contribution in [3.05, 3.63) is 59.7 Å². The average Bonchev–Trinajstić information content (AvgIpc) is 2.91. The molecular formula is C20H22N2O3S. The molecule has 0 unspecified atom stereocenters. The van der Waals surface area contributed by atoms with Crippen molar-refractivity contribution in [2.45, 2.75) is 25.9 Å². The molecule has 0 spiro atoms. The molecule has 0 N–H and O–H groups in total. The predicted molar refractivity (Wildman–Crippen MR) is 103 cm³/mol. The summed E-state index contributed by atoms with van der Waals surface area (Å²) in [5, 5.41) is 0. The maximum Gasteiger partial charge on any atom is 0.246 e. The van der Waals surface area contributed by atoms with E-state index in [1.165, 1.54) is 0 Å². The van der Waals surface area contributed by atoms with Gasteiger partial charge >= 0.3 is 0 Å². The van der Waals surface area contributed by atoms with Crippen LogP contribution in [0.3, 0.4) is 0 Å². The van der Waals surface area contributed by atoms with E-state index >= 15 is 0 Å². The van der Waals surface area contributed by atoms with Crippen molar-refractivity contribution >= 4 is 27.1 Å². The van der Waals surface area contributed by atoms with Gasteiger partial charge in [-0.3, -0.25) is 4.79 Å². The normalized spacial score (nSPS) is 24.6. The summed E-state index contributed by atoms with van der Waals surface area (Å²) in [5.74, 6) is 0.0358. The lowest BCUT2D eigenvalue weighted by molar-refractivity contribution is -0.118. The molecule has 0 aliphatic carbocycles. The van der Waals surface area contributed by atoms with Gasteiger partial charge in [-0.15, -0.1) is 0 Å². The van der Waals surface area contributed by atoms with Crippen LogP contribution in [0.4, 0.5) is 11.4 Å². The van der Waals surface area contributed by atoms with E-state index < -0.39 is 9.84 Å². The largest absolute Gasteiger partial charge is 0.356 e. The molecule has 2 heterocycles. The smallest absolute Gasteiger partial charge is 0.246 e. The van der Waals surface area contributed by atoms with E-state index in [1.807, 2.05) is 67.3 Å². The Morgan fingerprint density at radius 3 is 1.88 bits per heavy atom. The number of rotatable bonds is 2. The Kier molecular flexibility index (Phi) is 4.03. The van der Waals surface area contributed by atoms with Crippen molar-refractivity contribution < 1.29 is 13.2 Å². The van der Waals surface area contributed by atoms with Gasteiger partial charge in [0, 0.05) is 11.4 Å². The van der Waals surface area contributed by atoms with Crippen LogP contribution in [0.1, 0.15) is 11.1 Å². The Morgan fingerprint density at radius 1 is 0.808 bits per heavy atom. The maximum atomic E-state index is 13.0. The van der Waals surface area contributed by atoms with Crippen LogP contribution in [-0.4, -0.2) is 44.5 Å². The molecule has 0 radical (unpaired) electrons. The number of piperazine rings is 1. The van der Waals surface area contributed by atoms with E-state index in [9.17, 15) is 13.2 Å². The molecule has 2 fully saturated rings. The topological polar surface area (TPSA) is 57.7 Å². The third kappa shape index (κ3) is 2.98. The van der Waals surface area contributed by atoms with Crippen LogP contribution >= 0.6 is 0 Å². The molecule has 2 aromatic rings. The number of carbonyl (C=O) groups excluding carboxylic acids is 1. The Labute approximate surface area is 154 Å². The molecular weight excluding hydrogens is 348 g/mol. The van der Waals surface area contributed by atoms with Crippen molar-refractivity contribution in [1.29, 1.82) is 0 Å². The van der Waals surface area contributed by atoms with Gasteiger partial charge in [0.05, 0.1) is 30.1 Å². The van der Waals surface area contributed by atoms with Crippen LogP contribution in [0.5, 0.6) is 0 Å². The zero-order valence-corrected chi connectivity index (χ0v) is 15.7. The second-order valence-corrected chi connectivity index (χ2v) is 9.43. The molecule has 136 valence electrons. The minimum atomic E-state index is -3.19.